The SMILES string of the molecule is NCCNc1nccc(Cc2cccc(C(F)(F)F)c2)n1. The van der Waals surface area contributed by atoms with Crippen molar-refractivity contribution in [3.05, 3.63) is 53.3 Å². The predicted octanol–water partition coefficient (Wildman–Crippen LogP) is 2.46. The number of hydrogen-bond acceptors (Lipinski definition) is 4. The molecule has 0 saturated carbocycles. The predicted molar refractivity (Wildman–Crippen MR) is 73.8 cm³/mol. The standard InChI is InChI=1S/C14H15F3N4/c15-14(16,17)11-3-1-2-10(8-11)9-12-4-6-19-13(21-12)20-7-5-18/h1-4,6,8H,5,7,9,18H2,(H,19,20,21). The van der Waals surface area contributed by atoms with Crippen molar-refractivity contribution >= 4 is 5.95 Å². The van der Waals surface area contributed by atoms with Gasteiger partial charge in [0, 0.05) is 25.7 Å². The number of anilines is 1. The number of halogens is 3. The fourth-order valence-corrected chi connectivity index (χ4v) is 1.83. The van der Waals surface area contributed by atoms with Gasteiger partial charge in [0.05, 0.1) is 11.3 Å². The van der Waals surface area contributed by atoms with Crippen molar-refractivity contribution < 1.29 is 13.2 Å². The van der Waals surface area contributed by atoms with Crippen molar-refractivity contribution in [3.8, 4) is 0 Å². The fraction of sp³-hybridized carbons (Fsp3) is 0.286. The topological polar surface area (TPSA) is 63.8 Å². The second-order valence-electron chi connectivity index (χ2n) is 4.46. The minimum absolute atomic E-state index is 0.309. The van der Waals surface area contributed by atoms with Gasteiger partial charge < -0.3 is 11.1 Å². The third kappa shape index (κ3) is 4.42. The smallest absolute Gasteiger partial charge is 0.353 e. The first-order chi connectivity index (χ1) is 9.99. The van der Waals surface area contributed by atoms with Gasteiger partial charge in [-0.15, -0.1) is 0 Å². The molecule has 1 aromatic carbocycles. The fourth-order valence-electron chi connectivity index (χ4n) is 1.83. The van der Waals surface area contributed by atoms with Gasteiger partial charge in [-0.25, -0.2) is 9.97 Å². The molecule has 0 bridgehead atoms. The number of nitrogens with one attached hydrogen (secondary N) is 1. The zero-order valence-corrected chi connectivity index (χ0v) is 11.2. The van der Waals surface area contributed by atoms with Crippen molar-refractivity contribution in [2.45, 2.75) is 12.6 Å². The molecule has 1 heterocycles. The Balaban J connectivity index is 2.14. The van der Waals surface area contributed by atoms with Crippen LogP contribution in [-0.4, -0.2) is 23.1 Å². The highest BCUT2D eigenvalue weighted by Crippen LogP contribution is 2.29. The van der Waals surface area contributed by atoms with Crippen LogP contribution < -0.4 is 11.1 Å². The van der Waals surface area contributed by atoms with Crippen LogP contribution in [0.1, 0.15) is 16.8 Å². The third-order valence-corrected chi connectivity index (χ3v) is 2.78. The Kier molecular flexibility index (Phi) is 4.74. The maximum Gasteiger partial charge on any atom is 0.416 e. The van der Waals surface area contributed by atoms with Gasteiger partial charge in [0.2, 0.25) is 5.95 Å². The molecule has 2 aromatic rings. The van der Waals surface area contributed by atoms with Crippen molar-refractivity contribution in [2.24, 2.45) is 5.73 Å². The summed E-state index contributed by atoms with van der Waals surface area (Å²) >= 11 is 0. The maximum atomic E-state index is 12.7. The quantitative estimate of drug-likeness (QED) is 0.889. The Morgan fingerprint density at radius 1 is 1.19 bits per heavy atom. The van der Waals surface area contributed by atoms with E-state index in [1.54, 1.807) is 18.3 Å². The molecule has 0 fully saturated rings. The maximum absolute atomic E-state index is 12.7. The first-order valence-electron chi connectivity index (χ1n) is 6.41. The molecule has 0 amide bonds. The summed E-state index contributed by atoms with van der Waals surface area (Å²) in [6.45, 7) is 0.980. The minimum atomic E-state index is -4.34. The summed E-state index contributed by atoms with van der Waals surface area (Å²) in [7, 11) is 0. The van der Waals surface area contributed by atoms with E-state index in [4.69, 9.17) is 5.73 Å². The molecule has 0 aliphatic rings. The van der Waals surface area contributed by atoms with Crippen molar-refractivity contribution in [2.75, 3.05) is 18.4 Å². The Labute approximate surface area is 120 Å². The minimum Gasteiger partial charge on any atom is -0.353 e. The van der Waals surface area contributed by atoms with E-state index >= 15 is 0 Å². The first-order valence-corrected chi connectivity index (χ1v) is 6.41. The highest BCUT2D eigenvalue weighted by atomic mass is 19.4. The summed E-state index contributed by atoms with van der Waals surface area (Å²) in [6.07, 6.45) is -2.46. The molecule has 0 unspecified atom stereocenters. The van der Waals surface area contributed by atoms with Gasteiger partial charge in [-0.1, -0.05) is 18.2 Å². The second kappa shape index (κ2) is 6.53. The molecule has 0 aliphatic heterocycles. The number of rotatable bonds is 5. The lowest BCUT2D eigenvalue weighted by molar-refractivity contribution is -0.137. The van der Waals surface area contributed by atoms with E-state index in [0.717, 1.165) is 12.1 Å². The van der Waals surface area contributed by atoms with Gasteiger partial charge in [0.15, 0.2) is 0 Å². The molecule has 21 heavy (non-hydrogen) atoms. The van der Waals surface area contributed by atoms with Gasteiger partial charge in [-0.3, -0.25) is 0 Å². The van der Waals surface area contributed by atoms with Gasteiger partial charge in [-0.2, -0.15) is 13.2 Å². The van der Waals surface area contributed by atoms with Gasteiger partial charge in [0.25, 0.3) is 0 Å². The van der Waals surface area contributed by atoms with E-state index in [1.807, 2.05) is 0 Å². The molecule has 0 atom stereocenters. The Morgan fingerprint density at radius 3 is 2.71 bits per heavy atom. The zero-order chi connectivity index (χ0) is 15.3. The number of nitrogens with two attached hydrogens (primary N) is 1. The molecule has 3 N–H and O–H groups in total. The zero-order valence-electron chi connectivity index (χ0n) is 11.2. The van der Waals surface area contributed by atoms with Crippen LogP contribution >= 0.6 is 0 Å². The monoisotopic (exact) mass is 296 g/mol. The lowest BCUT2D eigenvalue weighted by Gasteiger charge is -2.09. The molecule has 0 radical (unpaired) electrons. The molecule has 0 saturated heterocycles. The number of alkyl halides is 3. The normalized spacial score (nSPS) is 11.4. The number of hydrogen-bond donors (Lipinski definition) is 2. The van der Waals surface area contributed by atoms with Gasteiger partial charge >= 0.3 is 6.18 Å². The van der Waals surface area contributed by atoms with Crippen molar-refractivity contribution in [1.29, 1.82) is 0 Å². The number of aromatic nitrogens is 2. The largest absolute Gasteiger partial charge is 0.416 e. The molecular weight excluding hydrogens is 281 g/mol. The molecule has 112 valence electrons. The summed E-state index contributed by atoms with van der Waals surface area (Å²) in [5, 5.41) is 2.93. The summed E-state index contributed by atoms with van der Waals surface area (Å²) < 4.78 is 38.0. The highest BCUT2D eigenvalue weighted by molar-refractivity contribution is 5.31. The summed E-state index contributed by atoms with van der Waals surface area (Å²) in [4.78, 5) is 8.26. The Morgan fingerprint density at radius 2 is 2.00 bits per heavy atom. The van der Waals surface area contributed by atoms with Crippen molar-refractivity contribution in [1.82, 2.24) is 9.97 Å². The van der Waals surface area contributed by atoms with Crippen LogP contribution in [0.3, 0.4) is 0 Å². The van der Waals surface area contributed by atoms with Crippen LogP contribution in [0, 0.1) is 0 Å². The molecule has 7 heteroatoms. The summed E-state index contributed by atoms with van der Waals surface area (Å²) in [5.74, 6) is 0.421. The van der Waals surface area contributed by atoms with Crippen LogP contribution in [-0.2, 0) is 12.6 Å². The van der Waals surface area contributed by atoms with Crippen LogP contribution in [0.4, 0.5) is 19.1 Å². The Bertz CT molecular complexity index is 599. The molecule has 0 aliphatic carbocycles. The van der Waals surface area contributed by atoms with E-state index in [2.05, 4.69) is 15.3 Å². The summed E-state index contributed by atoms with van der Waals surface area (Å²) in [6, 6.07) is 6.90. The Hall–Kier alpha value is -2.15. The highest BCUT2D eigenvalue weighted by Gasteiger charge is 2.30. The average Bonchev–Trinajstić information content (AvgIpc) is 2.45. The molecule has 2 rings (SSSR count). The molecule has 0 spiro atoms. The number of nitrogens with zero attached hydrogens (tertiary/aromatic N) is 2. The average molecular weight is 296 g/mol. The molecule has 1 aromatic heterocycles. The second-order valence-corrected chi connectivity index (χ2v) is 4.46. The van der Waals surface area contributed by atoms with Gasteiger partial charge in [0.1, 0.15) is 0 Å². The van der Waals surface area contributed by atoms with E-state index in [1.165, 1.54) is 6.07 Å². The lowest BCUT2D eigenvalue weighted by Crippen LogP contribution is -2.15. The third-order valence-electron chi connectivity index (χ3n) is 2.78. The van der Waals surface area contributed by atoms with E-state index < -0.39 is 11.7 Å². The van der Waals surface area contributed by atoms with E-state index in [0.29, 0.717) is 36.7 Å². The van der Waals surface area contributed by atoms with Crippen LogP contribution in [0.2, 0.25) is 0 Å². The van der Waals surface area contributed by atoms with E-state index in [9.17, 15) is 13.2 Å². The first kappa shape index (κ1) is 15.2. The van der Waals surface area contributed by atoms with Crippen LogP contribution in [0.5, 0.6) is 0 Å². The van der Waals surface area contributed by atoms with Crippen LogP contribution in [0.15, 0.2) is 36.5 Å². The van der Waals surface area contributed by atoms with Gasteiger partial charge in [-0.05, 0) is 17.7 Å². The number of benzene rings is 1. The molecular formula is C14H15F3N4. The van der Waals surface area contributed by atoms with Crippen LogP contribution in [0.25, 0.3) is 0 Å². The summed E-state index contributed by atoms with van der Waals surface area (Å²) in [5.41, 5.74) is 5.91. The van der Waals surface area contributed by atoms with Crippen molar-refractivity contribution in [3.63, 3.8) is 0 Å². The van der Waals surface area contributed by atoms with E-state index in [-0.39, 0.29) is 0 Å². The lowest BCUT2D eigenvalue weighted by atomic mass is 10.1. The molecule has 4 nitrogen and oxygen atoms in total.